The fourth-order valence-electron chi connectivity index (χ4n) is 3.78. The van der Waals surface area contributed by atoms with Gasteiger partial charge in [-0.3, -0.25) is 9.59 Å². The number of aryl methyl sites for hydroxylation is 1. The Balaban J connectivity index is 1.77. The Morgan fingerprint density at radius 3 is 2.32 bits per heavy atom. The van der Waals surface area contributed by atoms with Gasteiger partial charge in [0.1, 0.15) is 5.82 Å². The van der Waals surface area contributed by atoms with Crippen LogP contribution in [0, 0.1) is 30.6 Å². The van der Waals surface area contributed by atoms with Crippen molar-refractivity contribution in [2.75, 3.05) is 4.90 Å². The molecule has 4 rings (SSSR count). The molecule has 1 saturated heterocycles. The van der Waals surface area contributed by atoms with E-state index in [0.29, 0.717) is 5.82 Å². The molecule has 2 fully saturated rings. The molecule has 2 heterocycles. The van der Waals surface area contributed by atoms with Crippen LogP contribution < -0.4 is 4.90 Å². The molecule has 2 aliphatic carbocycles. The maximum atomic E-state index is 12.5. The quantitative estimate of drug-likeness (QED) is 0.566. The first kappa shape index (κ1) is 10.9. The average Bonchev–Trinajstić information content (AvgIpc) is 3.04. The van der Waals surface area contributed by atoms with Crippen LogP contribution >= 0.6 is 0 Å². The van der Waals surface area contributed by atoms with Gasteiger partial charge in [-0.15, -0.1) is 0 Å². The van der Waals surface area contributed by atoms with E-state index in [9.17, 15) is 9.59 Å². The van der Waals surface area contributed by atoms with Crippen LogP contribution in [-0.2, 0) is 9.59 Å². The number of rotatable bonds is 1. The number of hydrogen-bond acceptors (Lipinski definition) is 3. The highest BCUT2D eigenvalue weighted by Gasteiger charge is 2.59. The van der Waals surface area contributed by atoms with Crippen molar-refractivity contribution in [3.8, 4) is 0 Å². The van der Waals surface area contributed by atoms with Gasteiger partial charge >= 0.3 is 0 Å². The fourth-order valence-corrected chi connectivity index (χ4v) is 3.78. The Labute approximate surface area is 111 Å². The van der Waals surface area contributed by atoms with Crippen molar-refractivity contribution in [3.05, 3.63) is 36.0 Å². The van der Waals surface area contributed by atoms with E-state index in [-0.39, 0.29) is 35.5 Å². The Morgan fingerprint density at radius 1 is 1.11 bits per heavy atom. The topological polar surface area (TPSA) is 50.3 Å². The summed E-state index contributed by atoms with van der Waals surface area (Å²) in [6.07, 6.45) is 5.16. The highest BCUT2D eigenvalue weighted by Crippen LogP contribution is 2.52. The second-order valence-corrected chi connectivity index (χ2v) is 5.65. The maximum absolute atomic E-state index is 12.5. The molecule has 4 nitrogen and oxygen atoms in total. The minimum atomic E-state index is -0.148. The van der Waals surface area contributed by atoms with E-state index in [1.807, 2.05) is 19.1 Å². The maximum Gasteiger partial charge on any atom is 0.239 e. The van der Waals surface area contributed by atoms with Gasteiger partial charge < -0.3 is 0 Å². The lowest BCUT2D eigenvalue weighted by Gasteiger charge is -2.16. The van der Waals surface area contributed by atoms with Crippen LogP contribution in [0.4, 0.5) is 5.82 Å². The number of imide groups is 1. The van der Waals surface area contributed by atoms with Crippen molar-refractivity contribution in [2.24, 2.45) is 23.7 Å². The van der Waals surface area contributed by atoms with Crippen molar-refractivity contribution in [3.63, 3.8) is 0 Å². The summed E-state index contributed by atoms with van der Waals surface area (Å²) in [4.78, 5) is 30.7. The van der Waals surface area contributed by atoms with E-state index in [0.717, 1.165) is 12.1 Å². The van der Waals surface area contributed by atoms with Gasteiger partial charge in [0, 0.05) is 5.69 Å². The molecule has 4 atom stereocenters. The second-order valence-electron chi connectivity index (χ2n) is 5.65. The number of anilines is 1. The summed E-state index contributed by atoms with van der Waals surface area (Å²) in [5.41, 5.74) is 0.816. The highest BCUT2D eigenvalue weighted by molar-refractivity contribution is 6.22. The van der Waals surface area contributed by atoms with Crippen LogP contribution in [0.1, 0.15) is 12.1 Å². The molecule has 0 radical (unpaired) electrons. The zero-order chi connectivity index (χ0) is 13.1. The molecule has 1 saturated carbocycles. The number of fused-ring (bicyclic) bond motifs is 5. The van der Waals surface area contributed by atoms with Gasteiger partial charge in [-0.2, -0.15) is 0 Å². The standard InChI is InChI=1S/C15H14N2O2/c1-8-3-2-4-11(16-8)17-14(18)12-9-5-6-10(7-9)13(12)15(17)19/h2-6,9-10,12-13H,7H2,1H3/t9-,10+,12-,13-/m1/s1. The van der Waals surface area contributed by atoms with Gasteiger partial charge in [0.2, 0.25) is 11.8 Å². The summed E-state index contributed by atoms with van der Waals surface area (Å²) < 4.78 is 0. The highest BCUT2D eigenvalue weighted by atomic mass is 16.2. The lowest BCUT2D eigenvalue weighted by molar-refractivity contribution is -0.123. The van der Waals surface area contributed by atoms with E-state index < -0.39 is 0 Å². The van der Waals surface area contributed by atoms with E-state index in [2.05, 4.69) is 17.1 Å². The monoisotopic (exact) mass is 254 g/mol. The summed E-state index contributed by atoms with van der Waals surface area (Å²) in [5.74, 6) is 0.552. The molecular formula is C15H14N2O2. The van der Waals surface area contributed by atoms with Crippen LogP contribution in [-0.4, -0.2) is 16.8 Å². The Bertz CT molecular complexity index is 592. The zero-order valence-electron chi connectivity index (χ0n) is 10.6. The van der Waals surface area contributed by atoms with Crippen LogP contribution in [0.2, 0.25) is 0 Å². The number of carbonyl (C=O) groups is 2. The number of allylic oxidation sites excluding steroid dienone is 2. The Kier molecular flexibility index (Phi) is 2.03. The van der Waals surface area contributed by atoms with Crippen molar-refractivity contribution in [2.45, 2.75) is 13.3 Å². The fraction of sp³-hybridized carbons (Fsp3) is 0.400. The van der Waals surface area contributed by atoms with Crippen molar-refractivity contribution in [1.29, 1.82) is 0 Å². The summed E-state index contributed by atoms with van der Waals surface area (Å²) in [5, 5.41) is 0. The number of hydrogen-bond donors (Lipinski definition) is 0. The first-order chi connectivity index (χ1) is 9.16. The SMILES string of the molecule is Cc1cccc(N2C(=O)[C@H]3[C@H](C2=O)[C@H]2C=C[C@@H]3C2)n1. The molecule has 96 valence electrons. The lowest BCUT2D eigenvalue weighted by atomic mass is 9.85. The van der Waals surface area contributed by atoms with E-state index in [1.54, 1.807) is 6.07 Å². The molecule has 0 spiro atoms. The zero-order valence-corrected chi connectivity index (χ0v) is 10.6. The molecule has 4 heteroatoms. The van der Waals surface area contributed by atoms with Gasteiger partial charge in [-0.05, 0) is 37.3 Å². The lowest BCUT2D eigenvalue weighted by Crippen LogP contribution is -2.33. The van der Waals surface area contributed by atoms with Gasteiger partial charge in [0.05, 0.1) is 11.8 Å². The third-order valence-electron chi connectivity index (χ3n) is 4.57. The molecule has 1 aliphatic heterocycles. The van der Waals surface area contributed by atoms with Gasteiger partial charge in [-0.1, -0.05) is 18.2 Å². The number of carbonyl (C=O) groups excluding carboxylic acids is 2. The van der Waals surface area contributed by atoms with Crippen LogP contribution in [0.15, 0.2) is 30.4 Å². The number of pyridine rings is 1. The van der Waals surface area contributed by atoms with E-state index >= 15 is 0 Å². The summed E-state index contributed by atoms with van der Waals surface area (Å²) in [7, 11) is 0. The van der Waals surface area contributed by atoms with E-state index in [1.165, 1.54) is 4.90 Å². The first-order valence-corrected chi connectivity index (χ1v) is 6.66. The largest absolute Gasteiger partial charge is 0.274 e. The second kappa shape index (κ2) is 3.53. The molecule has 1 aromatic rings. The summed E-state index contributed by atoms with van der Waals surface area (Å²) >= 11 is 0. The molecule has 19 heavy (non-hydrogen) atoms. The summed E-state index contributed by atoms with van der Waals surface area (Å²) in [6.45, 7) is 1.86. The predicted octanol–water partition coefficient (Wildman–Crippen LogP) is 1.70. The Hall–Kier alpha value is -1.97. The normalized spacial score (nSPS) is 35.3. The minimum Gasteiger partial charge on any atom is -0.274 e. The molecule has 0 unspecified atom stereocenters. The van der Waals surface area contributed by atoms with Gasteiger partial charge in [0.15, 0.2) is 0 Å². The van der Waals surface area contributed by atoms with Gasteiger partial charge in [-0.25, -0.2) is 9.88 Å². The first-order valence-electron chi connectivity index (χ1n) is 6.66. The molecular weight excluding hydrogens is 240 g/mol. The molecule has 2 amide bonds. The van der Waals surface area contributed by atoms with Gasteiger partial charge in [0.25, 0.3) is 0 Å². The van der Waals surface area contributed by atoms with Crippen LogP contribution in [0.3, 0.4) is 0 Å². The Morgan fingerprint density at radius 2 is 1.74 bits per heavy atom. The number of nitrogens with zero attached hydrogens (tertiary/aromatic N) is 2. The molecule has 2 bridgehead atoms. The minimum absolute atomic E-state index is 0.0649. The third-order valence-corrected chi connectivity index (χ3v) is 4.57. The molecule has 0 N–H and O–H groups in total. The summed E-state index contributed by atoms with van der Waals surface area (Å²) in [6, 6.07) is 5.43. The van der Waals surface area contributed by atoms with Crippen molar-refractivity contribution < 1.29 is 9.59 Å². The number of amides is 2. The van der Waals surface area contributed by atoms with Crippen molar-refractivity contribution >= 4 is 17.6 Å². The smallest absolute Gasteiger partial charge is 0.239 e. The van der Waals surface area contributed by atoms with Crippen LogP contribution in [0.5, 0.6) is 0 Å². The molecule has 1 aromatic heterocycles. The third kappa shape index (κ3) is 1.31. The van der Waals surface area contributed by atoms with Crippen molar-refractivity contribution in [1.82, 2.24) is 4.98 Å². The molecule has 3 aliphatic rings. The number of aromatic nitrogens is 1. The predicted molar refractivity (Wildman–Crippen MR) is 69.2 cm³/mol. The van der Waals surface area contributed by atoms with E-state index in [4.69, 9.17) is 0 Å². The average molecular weight is 254 g/mol. The molecule has 0 aromatic carbocycles. The van der Waals surface area contributed by atoms with Crippen LogP contribution in [0.25, 0.3) is 0 Å².